The Morgan fingerprint density at radius 1 is 1.57 bits per heavy atom. The van der Waals surface area contributed by atoms with E-state index in [9.17, 15) is 5.11 Å². The lowest BCUT2D eigenvalue weighted by Gasteiger charge is -2.25. The Morgan fingerprint density at radius 2 is 2.50 bits per heavy atom. The second-order valence-electron chi connectivity index (χ2n) is 4.15. The van der Waals surface area contributed by atoms with Crippen molar-refractivity contribution in [1.29, 1.82) is 0 Å². The van der Waals surface area contributed by atoms with Crippen molar-refractivity contribution in [3.8, 4) is 0 Å². The summed E-state index contributed by atoms with van der Waals surface area (Å²) in [5, 5.41) is 9.17. The van der Waals surface area contributed by atoms with Crippen molar-refractivity contribution in [3.63, 3.8) is 0 Å². The molecule has 0 spiro atoms. The van der Waals surface area contributed by atoms with Crippen LogP contribution in [0.1, 0.15) is 19.3 Å². The average molecular weight is 197 g/mol. The van der Waals surface area contributed by atoms with E-state index in [1.54, 1.807) is 0 Å². The van der Waals surface area contributed by atoms with Gasteiger partial charge in [-0.2, -0.15) is 0 Å². The molecule has 1 N–H and O–H groups in total. The number of aliphatic hydroxyl groups is 1. The maximum atomic E-state index is 9.17. The van der Waals surface area contributed by atoms with Gasteiger partial charge in [-0.05, 0) is 31.4 Å². The van der Waals surface area contributed by atoms with E-state index in [0.717, 1.165) is 39.1 Å². The topological polar surface area (TPSA) is 32.7 Å². The number of hydrogen-bond acceptors (Lipinski definition) is 3. The summed E-state index contributed by atoms with van der Waals surface area (Å²) in [5.74, 6) is 0. The van der Waals surface area contributed by atoms with E-state index in [1.165, 1.54) is 12.0 Å². The molecule has 0 aliphatic carbocycles. The van der Waals surface area contributed by atoms with Crippen molar-refractivity contribution in [2.24, 2.45) is 0 Å². The summed E-state index contributed by atoms with van der Waals surface area (Å²) in [6.45, 7) is 4.07. The Labute approximate surface area is 85.4 Å². The van der Waals surface area contributed by atoms with Crippen molar-refractivity contribution in [2.75, 3.05) is 32.9 Å². The van der Waals surface area contributed by atoms with Crippen LogP contribution in [0.2, 0.25) is 0 Å². The molecule has 0 saturated carbocycles. The van der Waals surface area contributed by atoms with Gasteiger partial charge in [0.15, 0.2) is 0 Å². The van der Waals surface area contributed by atoms with Gasteiger partial charge in [0, 0.05) is 12.6 Å². The van der Waals surface area contributed by atoms with Crippen LogP contribution in [-0.2, 0) is 4.74 Å². The lowest BCUT2D eigenvalue weighted by molar-refractivity contribution is 0.130. The van der Waals surface area contributed by atoms with Crippen LogP contribution in [-0.4, -0.2) is 49.0 Å². The van der Waals surface area contributed by atoms with Crippen LogP contribution in [0.15, 0.2) is 11.6 Å². The highest BCUT2D eigenvalue weighted by molar-refractivity contribution is 5.08. The Bertz CT molecular complexity index is 215. The molecular weight excluding hydrogens is 178 g/mol. The van der Waals surface area contributed by atoms with E-state index in [2.05, 4.69) is 11.0 Å². The molecule has 0 unspecified atom stereocenters. The first-order valence-electron chi connectivity index (χ1n) is 5.50. The molecule has 3 heteroatoms. The Morgan fingerprint density at radius 3 is 3.21 bits per heavy atom. The van der Waals surface area contributed by atoms with Crippen LogP contribution in [0.4, 0.5) is 0 Å². The van der Waals surface area contributed by atoms with Gasteiger partial charge in [0.2, 0.25) is 0 Å². The van der Waals surface area contributed by atoms with Crippen molar-refractivity contribution >= 4 is 0 Å². The Kier molecular flexibility index (Phi) is 3.56. The number of likely N-dealkylation sites (tertiary alicyclic amines) is 1. The normalized spacial score (nSPS) is 29.2. The molecule has 2 aliphatic heterocycles. The van der Waals surface area contributed by atoms with E-state index < -0.39 is 0 Å². The number of nitrogens with zero attached hydrogens (tertiary/aromatic N) is 1. The number of rotatable bonds is 3. The van der Waals surface area contributed by atoms with Gasteiger partial charge >= 0.3 is 0 Å². The number of aliphatic hydroxyl groups excluding tert-OH is 1. The van der Waals surface area contributed by atoms with E-state index >= 15 is 0 Å². The lowest BCUT2D eigenvalue weighted by Crippen LogP contribution is -2.34. The van der Waals surface area contributed by atoms with E-state index in [-0.39, 0.29) is 0 Å². The number of ether oxygens (including phenoxy) is 1. The first-order chi connectivity index (χ1) is 6.90. The molecule has 3 nitrogen and oxygen atoms in total. The van der Waals surface area contributed by atoms with Crippen LogP contribution in [0, 0.1) is 0 Å². The second kappa shape index (κ2) is 4.91. The van der Waals surface area contributed by atoms with Gasteiger partial charge in [0.1, 0.15) is 0 Å². The predicted molar refractivity (Wildman–Crippen MR) is 55.2 cm³/mol. The second-order valence-corrected chi connectivity index (χ2v) is 4.15. The van der Waals surface area contributed by atoms with Gasteiger partial charge in [-0.15, -0.1) is 0 Å². The van der Waals surface area contributed by atoms with Gasteiger partial charge in [-0.1, -0.05) is 6.08 Å². The molecular formula is C11H19NO2. The largest absolute Gasteiger partial charge is 0.395 e. The monoisotopic (exact) mass is 197 g/mol. The molecule has 1 atom stereocenters. The maximum absolute atomic E-state index is 9.17. The first-order valence-corrected chi connectivity index (χ1v) is 5.50. The summed E-state index contributed by atoms with van der Waals surface area (Å²) in [4.78, 5) is 2.38. The molecule has 80 valence electrons. The summed E-state index contributed by atoms with van der Waals surface area (Å²) < 4.78 is 5.40. The molecule has 0 radical (unpaired) electrons. The van der Waals surface area contributed by atoms with Gasteiger partial charge < -0.3 is 9.84 Å². The lowest BCUT2D eigenvalue weighted by atomic mass is 10.1. The van der Waals surface area contributed by atoms with Crippen LogP contribution in [0.25, 0.3) is 0 Å². The third-order valence-corrected chi connectivity index (χ3v) is 3.10. The minimum absolute atomic E-state index is 0.300. The fourth-order valence-electron chi connectivity index (χ4n) is 2.29. The standard InChI is InChI=1S/C11H19NO2/c13-8-11-4-1-5-12(11)7-10-3-2-6-14-9-10/h3,11,13H,1-2,4-9H2/t11-/m1/s1. The molecule has 1 fully saturated rings. The van der Waals surface area contributed by atoms with Crippen molar-refractivity contribution in [1.82, 2.24) is 4.90 Å². The van der Waals surface area contributed by atoms with Crippen molar-refractivity contribution < 1.29 is 9.84 Å². The molecule has 2 aliphatic rings. The van der Waals surface area contributed by atoms with E-state index in [4.69, 9.17) is 4.74 Å². The summed E-state index contributed by atoms with van der Waals surface area (Å²) in [5.41, 5.74) is 1.39. The van der Waals surface area contributed by atoms with Crippen LogP contribution in [0.3, 0.4) is 0 Å². The molecule has 0 aromatic heterocycles. The van der Waals surface area contributed by atoms with E-state index in [1.807, 2.05) is 0 Å². The minimum atomic E-state index is 0.300. The van der Waals surface area contributed by atoms with Gasteiger partial charge in [-0.3, -0.25) is 4.90 Å². The molecule has 14 heavy (non-hydrogen) atoms. The third kappa shape index (κ3) is 2.35. The zero-order chi connectivity index (χ0) is 9.80. The van der Waals surface area contributed by atoms with Crippen molar-refractivity contribution in [3.05, 3.63) is 11.6 Å². The predicted octanol–water partition coefficient (Wildman–Crippen LogP) is 0.790. The smallest absolute Gasteiger partial charge is 0.0689 e. The van der Waals surface area contributed by atoms with Crippen LogP contribution in [0.5, 0.6) is 0 Å². The highest BCUT2D eigenvalue weighted by atomic mass is 16.5. The SMILES string of the molecule is OC[C@H]1CCCN1CC1=CCCOC1. The maximum Gasteiger partial charge on any atom is 0.0689 e. The summed E-state index contributed by atoms with van der Waals surface area (Å²) >= 11 is 0. The molecule has 0 aromatic rings. The van der Waals surface area contributed by atoms with Gasteiger partial charge in [0.25, 0.3) is 0 Å². The minimum Gasteiger partial charge on any atom is -0.395 e. The zero-order valence-electron chi connectivity index (χ0n) is 8.61. The molecule has 0 bridgehead atoms. The summed E-state index contributed by atoms with van der Waals surface area (Å²) in [6, 6.07) is 0.387. The molecule has 2 rings (SSSR count). The average Bonchev–Trinajstić information content (AvgIpc) is 2.67. The summed E-state index contributed by atoms with van der Waals surface area (Å²) in [7, 11) is 0. The zero-order valence-corrected chi connectivity index (χ0v) is 8.61. The van der Waals surface area contributed by atoms with E-state index in [0.29, 0.717) is 12.6 Å². The first kappa shape index (κ1) is 10.1. The van der Waals surface area contributed by atoms with Crippen LogP contribution >= 0.6 is 0 Å². The fourth-order valence-corrected chi connectivity index (χ4v) is 2.29. The highest BCUT2D eigenvalue weighted by Gasteiger charge is 2.24. The van der Waals surface area contributed by atoms with Gasteiger partial charge in [-0.25, -0.2) is 0 Å². The Hall–Kier alpha value is -0.380. The quantitative estimate of drug-likeness (QED) is 0.679. The third-order valence-electron chi connectivity index (χ3n) is 3.10. The van der Waals surface area contributed by atoms with Crippen LogP contribution < -0.4 is 0 Å². The molecule has 1 saturated heterocycles. The Balaban J connectivity index is 1.86. The van der Waals surface area contributed by atoms with Crippen molar-refractivity contribution in [2.45, 2.75) is 25.3 Å². The molecule has 0 amide bonds. The molecule has 2 heterocycles. The molecule has 0 aromatic carbocycles. The highest BCUT2D eigenvalue weighted by Crippen LogP contribution is 2.19. The fraction of sp³-hybridized carbons (Fsp3) is 0.818. The summed E-state index contributed by atoms with van der Waals surface area (Å²) in [6.07, 6.45) is 5.70. The number of hydrogen-bond donors (Lipinski definition) is 1. The van der Waals surface area contributed by atoms with Gasteiger partial charge in [0.05, 0.1) is 19.8 Å².